The highest BCUT2D eigenvalue weighted by molar-refractivity contribution is 6.32. The third kappa shape index (κ3) is 3.49. The smallest absolute Gasteiger partial charge is 0.173 e. The van der Waals surface area contributed by atoms with Crippen molar-refractivity contribution in [1.29, 1.82) is 0 Å². The van der Waals surface area contributed by atoms with Crippen LogP contribution in [0.15, 0.2) is 12.1 Å². The van der Waals surface area contributed by atoms with Gasteiger partial charge < -0.3 is 16.2 Å². The number of nitrogens with two attached hydrogens (primary N) is 2. The van der Waals surface area contributed by atoms with Gasteiger partial charge in [-0.2, -0.15) is 0 Å². The first-order valence-corrected chi connectivity index (χ1v) is 5.05. The van der Waals surface area contributed by atoms with Gasteiger partial charge in [-0.1, -0.05) is 11.6 Å². The zero-order valence-corrected chi connectivity index (χ0v) is 10.4. The van der Waals surface area contributed by atoms with Crippen molar-refractivity contribution >= 4 is 24.0 Å². The molecule has 3 nitrogen and oxygen atoms in total. The second kappa shape index (κ2) is 6.91. The van der Waals surface area contributed by atoms with E-state index in [-0.39, 0.29) is 29.7 Å². The molecule has 6 heteroatoms. The first kappa shape index (κ1) is 15.4. The van der Waals surface area contributed by atoms with Crippen LogP contribution in [0, 0.1) is 5.82 Å². The van der Waals surface area contributed by atoms with Crippen molar-refractivity contribution < 1.29 is 9.13 Å². The monoisotopic (exact) mass is 268 g/mol. The van der Waals surface area contributed by atoms with Gasteiger partial charge in [-0.05, 0) is 24.6 Å². The molecule has 4 N–H and O–H groups in total. The molecule has 0 aliphatic carbocycles. The molecule has 1 atom stereocenters. The fourth-order valence-electron chi connectivity index (χ4n) is 1.21. The van der Waals surface area contributed by atoms with Gasteiger partial charge in [0.05, 0.1) is 11.6 Å². The largest absolute Gasteiger partial charge is 0.489 e. The lowest BCUT2D eigenvalue weighted by Crippen LogP contribution is -2.20. The number of hydrogen-bond donors (Lipinski definition) is 2. The van der Waals surface area contributed by atoms with Crippen LogP contribution in [-0.2, 0) is 0 Å². The minimum atomic E-state index is -0.511. The van der Waals surface area contributed by atoms with Gasteiger partial charge in [0.2, 0.25) is 0 Å². The number of hydrogen-bond acceptors (Lipinski definition) is 3. The fraction of sp³-hybridized carbons (Fsp3) is 0.400. The van der Waals surface area contributed by atoms with Gasteiger partial charge in [-0.15, -0.1) is 12.4 Å². The molecule has 0 aromatic heterocycles. The second-order valence-electron chi connectivity index (χ2n) is 3.09. The molecule has 0 radical (unpaired) electrons. The molecular weight excluding hydrogens is 254 g/mol. The topological polar surface area (TPSA) is 61.3 Å². The van der Waals surface area contributed by atoms with Gasteiger partial charge in [0.25, 0.3) is 0 Å². The summed E-state index contributed by atoms with van der Waals surface area (Å²) in [5.74, 6) is -0.449. The number of benzene rings is 1. The van der Waals surface area contributed by atoms with Crippen molar-refractivity contribution in [3.8, 4) is 5.75 Å². The molecule has 0 spiro atoms. The summed E-state index contributed by atoms with van der Waals surface area (Å²) in [6.07, 6.45) is 0. The standard InChI is InChI=1S/C10H14ClFN2O.ClH/c1-2-15-10-7(11)3-6(4-8(10)12)9(14)5-13;/h3-4,9H,2,5,13-14H2,1H3;1H/t9-;/m1./s1. The molecule has 1 aromatic carbocycles. The summed E-state index contributed by atoms with van der Waals surface area (Å²) in [4.78, 5) is 0. The Morgan fingerprint density at radius 2 is 2.12 bits per heavy atom. The molecule has 0 fully saturated rings. The maximum atomic E-state index is 13.5. The molecule has 0 aliphatic rings. The molecule has 16 heavy (non-hydrogen) atoms. The summed E-state index contributed by atoms with van der Waals surface area (Å²) in [5.41, 5.74) is 11.6. The average Bonchev–Trinajstić information content (AvgIpc) is 2.22. The fourth-order valence-corrected chi connectivity index (χ4v) is 1.48. The van der Waals surface area contributed by atoms with Gasteiger partial charge in [0.15, 0.2) is 11.6 Å². The van der Waals surface area contributed by atoms with Crippen LogP contribution >= 0.6 is 24.0 Å². The van der Waals surface area contributed by atoms with Crippen molar-refractivity contribution in [2.24, 2.45) is 11.5 Å². The van der Waals surface area contributed by atoms with E-state index in [9.17, 15) is 4.39 Å². The van der Waals surface area contributed by atoms with Crippen LogP contribution in [0.25, 0.3) is 0 Å². The van der Waals surface area contributed by atoms with Crippen LogP contribution < -0.4 is 16.2 Å². The van der Waals surface area contributed by atoms with E-state index >= 15 is 0 Å². The lowest BCUT2D eigenvalue weighted by molar-refractivity contribution is 0.321. The zero-order valence-electron chi connectivity index (χ0n) is 8.87. The predicted octanol–water partition coefficient (Wildman–Crippen LogP) is 2.26. The van der Waals surface area contributed by atoms with Crippen LogP contribution in [0.2, 0.25) is 5.02 Å². The summed E-state index contributed by atoms with van der Waals surface area (Å²) in [7, 11) is 0. The molecule has 0 amide bonds. The lowest BCUT2D eigenvalue weighted by Gasteiger charge is -2.13. The number of rotatable bonds is 4. The molecule has 0 aliphatic heterocycles. The molecule has 1 aromatic rings. The lowest BCUT2D eigenvalue weighted by atomic mass is 10.1. The third-order valence-corrected chi connectivity index (χ3v) is 2.27. The van der Waals surface area contributed by atoms with Gasteiger partial charge in [-0.25, -0.2) is 4.39 Å². The van der Waals surface area contributed by atoms with Gasteiger partial charge in [-0.3, -0.25) is 0 Å². The minimum absolute atomic E-state index is 0. The van der Waals surface area contributed by atoms with Gasteiger partial charge in [0.1, 0.15) is 0 Å². The molecule has 0 heterocycles. The van der Waals surface area contributed by atoms with Crippen LogP contribution in [-0.4, -0.2) is 13.2 Å². The van der Waals surface area contributed by atoms with Crippen molar-refractivity contribution in [2.45, 2.75) is 13.0 Å². The summed E-state index contributed by atoms with van der Waals surface area (Å²) >= 11 is 5.85. The maximum absolute atomic E-state index is 13.5. The molecule has 0 saturated carbocycles. The Bertz CT molecular complexity index is 327. The molecule has 92 valence electrons. The SMILES string of the molecule is CCOc1c(F)cc([C@H](N)CN)cc1Cl.Cl. The van der Waals surface area contributed by atoms with Crippen LogP contribution in [0.5, 0.6) is 5.75 Å². The van der Waals surface area contributed by atoms with Crippen molar-refractivity contribution in [3.63, 3.8) is 0 Å². The first-order valence-electron chi connectivity index (χ1n) is 4.67. The predicted molar refractivity (Wildman–Crippen MR) is 65.8 cm³/mol. The molecule has 0 unspecified atom stereocenters. The van der Waals surface area contributed by atoms with E-state index in [1.165, 1.54) is 6.07 Å². The molecule has 1 rings (SSSR count). The van der Waals surface area contributed by atoms with E-state index in [4.69, 9.17) is 27.8 Å². The van der Waals surface area contributed by atoms with E-state index in [0.717, 1.165) is 0 Å². The maximum Gasteiger partial charge on any atom is 0.173 e. The van der Waals surface area contributed by atoms with Crippen LogP contribution in [0.1, 0.15) is 18.5 Å². The highest BCUT2D eigenvalue weighted by Gasteiger charge is 2.13. The van der Waals surface area contributed by atoms with Gasteiger partial charge in [0, 0.05) is 12.6 Å². The average molecular weight is 269 g/mol. The van der Waals surface area contributed by atoms with Gasteiger partial charge >= 0.3 is 0 Å². The molecule has 0 saturated heterocycles. The summed E-state index contributed by atoms with van der Waals surface area (Å²) in [5, 5.41) is 0.218. The van der Waals surface area contributed by atoms with E-state index in [1.807, 2.05) is 0 Å². The zero-order chi connectivity index (χ0) is 11.4. The molecule has 0 bridgehead atoms. The highest BCUT2D eigenvalue weighted by Crippen LogP contribution is 2.30. The van der Waals surface area contributed by atoms with E-state index < -0.39 is 11.9 Å². The normalized spacial score (nSPS) is 11.8. The number of halogens is 3. The second-order valence-corrected chi connectivity index (χ2v) is 3.50. The quantitative estimate of drug-likeness (QED) is 0.881. The summed E-state index contributed by atoms with van der Waals surface area (Å²) in [6, 6.07) is 2.47. The highest BCUT2D eigenvalue weighted by atomic mass is 35.5. The third-order valence-electron chi connectivity index (χ3n) is 1.99. The van der Waals surface area contributed by atoms with Crippen LogP contribution in [0.3, 0.4) is 0 Å². The van der Waals surface area contributed by atoms with E-state index in [2.05, 4.69) is 0 Å². The Labute approximate surface area is 105 Å². The Morgan fingerprint density at radius 1 is 1.50 bits per heavy atom. The minimum Gasteiger partial charge on any atom is -0.489 e. The van der Waals surface area contributed by atoms with E-state index in [1.54, 1.807) is 13.0 Å². The Kier molecular flexibility index (Phi) is 6.67. The Balaban J connectivity index is 0.00000225. The Hall–Kier alpha value is -0.550. The van der Waals surface area contributed by atoms with Crippen molar-refractivity contribution in [1.82, 2.24) is 0 Å². The van der Waals surface area contributed by atoms with Crippen molar-refractivity contribution in [3.05, 3.63) is 28.5 Å². The molecular formula is C10H15Cl2FN2O. The number of ether oxygens (including phenoxy) is 1. The van der Waals surface area contributed by atoms with Crippen molar-refractivity contribution in [2.75, 3.05) is 13.2 Å². The first-order chi connectivity index (χ1) is 7.10. The van der Waals surface area contributed by atoms with Crippen LogP contribution in [0.4, 0.5) is 4.39 Å². The summed E-state index contributed by atoms with van der Waals surface area (Å²) < 4.78 is 18.5. The summed E-state index contributed by atoms with van der Waals surface area (Å²) in [6.45, 7) is 2.36. The van der Waals surface area contributed by atoms with E-state index in [0.29, 0.717) is 12.2 Å². The Morgan fingerprint density at radius 3 is 2.56 bits per heavy atom.